The van der Waals surface area contributed by atoms with Crippen molar-refractivity contribution in [1.82, 2.24) is 18.9 Å². The lowest BCUT2D eigenvalue weighted by Crippen LogP contribution is -2.52. The van der Waals surface area contributed by atoms with Crippen LogP contribution in [-0.2, 0) is 17.6 Å². The largest absolute Gasteiger partial charge is 0.501 e. The average molecular weight is 483 g/mol. The highest BCUT2D eigenvalue weighted by Crippen LogP contribution is 2.27. The summed E-state index contributed by atoms with van der Waals surface area (Å²) in [7, 11) is 1.65. The molecule has 2 N–H and O–H groups in total. The first kappa shape index (κ1) is 24.8. The highest BCUT2D eigenvalue weighted by Gasteiger charge is 2.37. The fourth-order valence-electron chi connectivity index (χ4n) is 3.98. The maximum atomic E-state index is 13.3. The summed E-state index contributed by atoms with van der Waals surface area (Å²) in [6, 6.07) is 4.45. The van der Waals surface area contributed by atoms with E-state index in [0.29, 0.717) is 18.5 Å². The molecule has 0 bridgehead atoms. The molecule has 1 aliphatic heterocycles. The van der Waals surface area contributed by atoms with Crippen LogP contribution in [0.25, 0.3) is 0 Å². The third-order valence-electron chi connectivity index (χ3n) is 5.56. The highest BCUT2D eigenvalue weighted by atomic mass is 32.2. The molecule has 2 aromatic rings. The van der Waals surface area contributed by atoms with Crippen molar-refractivity contribution < 1.29 is 23.1 Å². The summed E-state index contributed by atoms with van der Waals surface area (Å²) in [5, 5.41) is 10.6. The zero-order chi connectivity index (χ0) is 24.4. The Bertz CT molecular complexity index is 1180. The van der Waals surface area contributed by atoms with Crippen LogP contribution in [0.5, 0.6) is 5.75 Å². The van der Waals surface area contributed by atoms with E-state index >= 15 is 0 Å². The van der Waals surface area contributed by atoms with Crippen molar-refractivity contribution in [2.45, 2.75) is 38.9 Å². The molecule has 33 heavy (non-hydrogen) atoms. The van der Waals surface area contributed by atoms with Gasteiger partial charge in [0.05, 0.1) is 6.04 Å². The maximum Gasteiger partial charge on any atom is 0.332 e. The van der Waals surface area contributed by atoms with Gasteiger partial charge in [0.1, 0.15) is 11.7 Å². The number of amides is 1. The summed E-state index contributed by atoms with van der Waals surface area (Å²) in [5.74, 6) is -1.99. The van der Waals surface area contributed by atoms with Gasteiger partial charge in [-0.3, -0.25) is 23.6 Å². The van der Waals surface area contributed by atoms with Gasteiger partial charge in [0.25, 0.3) is 11.5 Å². The van der Waals surface area contributed by atoms with Gasteiger partial charge in [-0.2, -0.15) is 0 Å². The summed E-state index contributed by atoms with van der Waals surface area (Å²) in [6.45, 7) is 3.77. The summed E-state index contributed by atoms with van der Waals surface area (Å²) in [4.78, 5) is 42.1. The van der Waals surface area contributed by atoms with E-state index in [9.17, 15) is 28.1 Å². The Balaban J connectivity index is 2.05. The molecule has 10 nitrogen and oxygen atoms in total. The zero-order valence-electron chi connectivity index (χ0n) is 18.6. The summed E-state index contributed by atoms with van der Waals surface area (Å²) in [6.07, 6.45) is 0.309. The average Bonchev–Trinajstić information content (AvgIpc) is 2.73. The van der Waals surface area contributed by atoms with Crippen LogP contribution in [0.2, 0.25) is 0 Å². The van der Waals surface area contributed by atoms with Crippen molar-refractivity contribution in [1.29, 1.82) is 0 Å². The molecule has 3 rings (SSSR count). The first-order chi connectivity index (χ1) is 15.5. The summed E-state index contributed by atoms with van der Waals surface area (Å²) >= 11 is -2.03. The molecule has 2 atom stereocenters. The molecule has 1 aliphatic rings. The predicted octanol–water partition coefficient (Wildman–Crippen LogP) is 1.13. The molecule has 1 aromatic heterocycles. The smallest absolute Gasteiger partial charge is 0.332 e. The van der Waals surface area contributed by atoms with Crippen LogP contribution in [0, 0.1) is 5.82 Å². The first-order valence-electron chi connectivity index (χ1n) is 10.4. The van der Waals surface area contributed by atoms with Crippen LogP contribution in [0.15, 0.2) is 33.9 Å². The molecular weight excluding hydrogens is 455 g/mol. The lowest BCUT2D eigenvalue weighted by Gasteiger charge is -2.36. The third-order valence-corrected chi connectivity index (χ3v) is 6.22. The number of nitrogens with zero attached hydrogens (tertiary/aromatic N) is 4. The topological polar surface area (TPSA) is 125 Å². The minimum Gasteiger partial charge on any atom is -0.501 e. The van der Waals surface area contributed by atoms with Crippen LogP contribution in [0.3, 0.4) is 0 Å². The number of carbonyl (C=O) groups is 1. The summed E-state index contributed by atoms with van der Waals surface area (Å²) in [5.41, 5.74) is -1.38. The summed E-state index contributed by atoms with van der Waals surface area (Å²) < 4.78 is 35.6. The molecule has 1 aromatic carbocycles. The molecular formula is C21H27FN4O6S. The van der Waals surface area contributed by atoms with Gasteiger partial charge in [-0.15, -0.1) is 0 Å². The van der Waals surface area contributed by atoms with Gasteiger partial charge in [0.15, 0.2) is 16.8 Å². The Morgan fingerprint density at radius 1 is 1.21 bits per heavy atom. The number of carbonyl (C=O) groups excluding carboxylic acids is 1. The molecule has 0 fully saturated rings. The highest BCUT2D eigenvalue weighted by molar-refractivity contribution is 7.79. The van der Waals surface area contributed by atoms with Crippen molar-refractivity contribution >= 4 is 17.0 Å². The predicted molar refractivity (Wildman–Crippen MR) is 120 cm³/mol. The Morgan fingerprint density at radius 2 is 1.85 bits per heavy atom. The number of benzene rings is 1. The Labute approximate surface area is 192 Å². The SMILES string of the molecule is CC(C)n1c(=O)c(O)c2n(c1=O)C(CCN(C)CS(=O)O)CN(Cc1ccc(F)cc1)C2=O. The van der Waals surface area contributed by atoms with Crippen molar-refractivity contribution in [3.8, 4) is 5.75 Å². The number of rotatable bonds is 8. The number of halogens is 1. The van der Waals surface area contributed by atoms with E-state index in [2.05, 4.69) is 0 Å². The standard InChI is InChI=1S/C21H27FN4O6S/c1-13(2)25-20(29)18(27)17-19(28)24(10-14-4-6-15(22)7-5-14)11-16(26(17)21(25)30)8-9-23(3)12-33(31)32/h4-7,13,16,27H,8-12H2,1-3H3,(H,31,32). The molecule has 2 heterocycles. The third kappa shape index (κ3) is 5.23. The molecule has 0 saturated carbocycles. The van der Waals surface area contributed by atoms with Crippen LogP contribution in [-0.4, -0.2) is 64.7 Å². The lowest BCUT2D eigenvalue weighted by atomic mass is 10.1. The van der Waals surface area contributed by atoms with Gasteiger partial charge in [0.2, 0.25) is 5.75 Å². The molecule has 0 saturated heterocycles. The van der Waals surface area contributed by atoms with Gasteiger partial charge in [-0.05, 0) is 45.0 Å². The van der Waals surface area contributed by atoms with Crippen LogP contribution >= 0.6 is 0 Å². The van der Waals surface area contributed by atoms with Crippen LogP contribution < -0.4 is 11.2 Å². The molecule has 0 aliphatic carbocycles. The van der Waals surface area contributed by atoms with E-state index in [1.807, 2.05) is 0 Å². The minimum absolute atomic E-state index is 0.0903. The number of aromatic hydroxyl groups is 1. The minimum atomic E-state index is -2.03. The fraction of sp³-hybridized carbons (Fsp3) is 0.476. The second kappa shape index (κ2) is 9.98. The van der Waals surface area contributed by atoms with E-state index in [1.54, 1.807) is 25.8 Å². The second-order valence-electron chi connectivity index (χ2n) is 8.40. The van der Waals surface area contributed by atoms with Gasteiger partial charge in [-0.1, -0.05) is 12.1 Å². The Kier molecular flexibility index (Phi) is 7.50. The molecule has 2 unspecified atom stereocenters. The molecule has 1 amide bonds. The first-order valence-corrected chi connectivity index (χ1v) is 11.7. The fourth-order valence-corrected chi connectivity index (χ4v) is 4.49. The zero-order valence-corrected chi connectivity index (χ0v) is 19.4. The molecule has 0 spiro atoms. The van der Waals surface area contributed by atoms with E-state index in [0.717, 1.165) is 9.13 Å². The van der Waals surface area contributed by atoms with Crippen molar-refractivity contribution in [3.63, 3.8) is 0 Å². The Hall–Kier alpha value is -2.83. The van der Waals surface area contributed by atoms with E-state index in [4.69, 9.17) is 4.55 Å². The van der Waals surface area contributed by atoms with Gasteiger partial charge >= 0.3 is 5.69 Å². The van der Waals surface area contributed by atoms with Crippen LogP contribution in [0.4, 0.5) is 4.39 Å². The van der Waals surface area contributed by atoms with Crippen molar-refractivity contribution in [2.24, 2.45) is 0 Å². The number of fused-ring (bicyclic) bond motifs is 1. The van der Waals surface area contributed by atoms with Crippen LogP contribution in [0.1, 0.15) is 48.4 Å². The maximum absolute atomic E-state index is 13.3. The number of aromatic nitrogens is 2. The molecule has 0 radical (unpaired) electrons. The molecule has 12 heteroatoms. The van der Waals surface area contributed by atoms with Gasteiger partial charge in [-0.25, -0.2) is 13.4 Å². The number of hydrogen-bond acceptors (Lipinski definition) is 6. The molecule has 180 valence electrons. The number of hydrogen-bond donors (Lipinski definition) is 2. The van der Waals surface area contributed by atoms with Gasteiger partial charge < -0.3 is 14.6 Å². The van der Waals surface area contributed by atoms with Crippen molar-refractivity contribution in [3.05, 3.63) is 62.2 Å². The second-order valence-corrected chi connectivity index (χ2v) is 9.30. The Morgan fingerprint density at radius 3 is 2.42 bits per heavy atom. The normalized spacial score (nSPS) is 17.0. The quantitative estimate of drug-likeness (QED) is 0.541. The van der Waals surface area contributed by atoms with Crippen molar-refractivity contribution in [2.75, 3.05) is 26.0 Å². The lowest BCUT2D eigenvalue weighted by molar-refractivity contribution is 0.0624. The van der Waals surface area contributed by atoms with E-state index in [-0.39, 0.29) is 24.7 Å². The van der Waals surface area contributed by atoms with E-state index < -0.39 is 51.9 Å². The van der Waals surface area contributed by atoms with E-state index in [1.165, 1.54) is 29.2 Å². The van der Waals surface area contributed by atoms with Gasteiger partial charge in [0, 0.05) is 25.7 Å². The monoisotopic (exact) mass is 482 g/mol.